The molecule has 0 radical (unpaired) electrons. The maximum Gasteiger partial charge on any atom is 0.254 e. The van der Waals surface area contributed by atoms with E-state index >= 15 is 0 Å². The molecule has 0 saturated carbocycles. The number of fused-ring (bicyclic) bond motifs is 1. The van der Waals surface area contributed by atoms with Gasteiger partial charge in [0.2, 0.25) is 0 Å². The predicted octanol–water partition coefficient (Wildman–Crippen LogP) is 3.12. The van der Waals surface area contributed by atoms with Crippen LogP contribution in [0.3, 0.4) is 0 Å². The summed E-state index contributed by atoms with van der Waals surface area (Å²) in [6.45, 7) is 5.34. The van der Waals surface area contributed by atoms with E-state index in [-0.39, 0.29) is 11.9 Å². The number of hydrogen-bond donors (Lipinski definition) is 1. The first kappa shape index (κ1) is 16.2. The normalized spacial score (nSPS) is 25.0. The number of likely N-dealkylation sites (tertiary alicyclic amines) is 1. The van der Waals surface area contributed by atoms with Crippen molar-refractivity contribution in [2.24, 2.45) is 11.8 Å². The molecular weight excluding hydrogens is 312 g/mol. The summed E-state index contributed by atoms with van der Waals surface area (Å²) in [4.78, 5) is 15.3. The third-order valence-electron chi connectivity index (χ3n) is 5.36. The molecule has 4 nitrogen and oxygen atoms in total. The molecule has 4 heteroatoms. The Morgan fingerprint density at radius 1 is 1.16 bits per heavy atom. The van der Waals surface area contributed by atoms with Gasteiger partial charge in [0, 0.05) is 31.1 Å². The van der Waals surface area contributed by atoms with E-state index in [4.69, 9.17) is 4.74 Å². The van der Waals surface area contributed by atoms with Gasteiger partial charge in [0.05, 0.1) is 12.6 Å². The Labute approximate surface area is 148 Å². The van der Waals surface area contributed by atoms with Gasteiger partial charge >= 0.3 is 0 Å². The third kappa shape index (κ3) is 3.02. The first-order chi connectivity index (χ1) is 12.3. The van der Waals surface area contributed by atoms with Crippen molar-refractivity contribution < 1.29 is 9.53 Å². The second-order valence-electron chi connectivity index (χ2n) is 6.86. The van der Waals surface area contributed by atoms with Gasteiger partial charge in [-0.05, 0) is 36.6 Å². The Bertz CT molecular complexity index is 747. The Morgan fingerprint density at radius 3 is 2.80 bits per heavy atom. The molecule has 0 spiro atoms. The topological polar surface area (TPSA) is 41.6 Å². The van der Waals surface area contributed by atoms with Gasteiger partial charge in [-0.1, -0.05) is 36.4 Å². The summed E-state index contributed by atoms with van der Waals surface area (Å²) in [5.41, 5.74) is 1.94. The lowest BCUT2D eigenvalue weighted by Gasteiger charge is -2.28. The molecule has 4 rings (SSSR count). The molecule has 1 N–H and O–H groups in total. The Morgan fingerprint density at radius 2 is 2.00 bits per heavy atom. The van der Waals surface area contributed by atoms with Crippen LogP contribution in [0, 0.1) is 11.8 Å². The van der Waals surface area contributed by atoms with Gasteiger partial charge in [-0.3, -0.25) is 4.79 Å². The van der Waals surface area contributed by atoms with E-state index in [1.54, 1.807) is 0 Å². The van der Waals surface area contributed by atoms with Crippen LogP contribution in [0.25, 0.3) is 0 Å². The average Bonchev–Trinajstić information content (AvgIpc) is 3.23. The molecule has 3 atom stereocenters. The van der Waals surface area contributed by atoms with Crippen LogP contribution in [-0.4, -0.2) is 37.0 Å². The Hall–Kier alpha value is -2.33. The molecule has 0 aliphatic carbocycles. The van der Waals surface area contributed by atoms with Gasteiger partial charge in [-0.25, -0.2) is 0 Å². The van der Waals surface area contributed by atoms with Crippen molar-refractivity contribution in [2.75, 3.05) is 26.2 Å². The molecule has 0 aromatic heterocycles. The lowest BCUT2D eigenvalue weighted by Crippen LogP contribution is -2.34. The summed E-state index contributed by atoms with van der Waals surface area (Å²) < 4.78 is 5.56. The molecule has 2 aromatic carbocycles. The van der Waals surface area contributed by atoms with Crippen molar-refractivity contribution in [1.82, 2.24) is 10.2 Å². The first-order valence-electron chi connectivity index (χ1n) is 9.07. The zero-order valence-electron chi connectivity index (χ0n) is 14.5. The molecule has 130 valence electrons. The second-order valence-corrected chi connectivity index (χ2v) is 6.86. The average molecular weight is 336 g/mol. The van der Waals surface area contributed by atoms with Crippen molar-refractivity contribution in [2.45, 2.75) is 13.0 Å². The van der Waals surface area contributed by atoms with Gasteiger partial charge in [-0.15, -0.1) is 0 Å². The summed E-state index contributed by atoms with van der Waals surface area (Å²) in [6.07, 6.45) is 0. The molecule has 2 aliphatic heterocycles. The number of benzene rings is 2. The van der Waals surface area contributed by atoms with Crippen LogP contribution in [-0.2, 0) is 0 Å². The largest absolute Gasteiger partial charge is 0.494 e. The summed E-state index contributed by atoms with van der Waals surface area (Å²) in [5.74, 6) is 1.88. The molecule has 0 unspecified atom stereocenters. The minimum Gasteiger partial charge on any atom is -0.494 e. The number of hydrogen-bond acceptors (Lipinski definition) is 3. The van der Waals surface area contributed by atoms with Crippen molar-refractivity contribution in [3.05, 3.63) is 65.7 Å². The van der Waals surface area contributed by atoms with E-state index in [1.165, 1.54) is 5.56 Å². The molecule has 0 bridgehead atoms. The van der Waals surface area contributed by atoms with Crippen LogP contribution < -0.4 is 10.1 Å². The van der Waals surface area contributed by atoms with Gasteiger partial charge in [0.25, 0.3) is 5.91 Å². The van der Waals surface area contributed by atoms with Gasteiger partial charge in [0.15, 0.2) is 0 Å². The fourth-order valence-electron chi connectivity index (χ4n) is 4.26. The van der Waals surface area contributed by atoms with E-state index < -0.39 is 0 Å². The third-order valence-corrected chi connectivity index (χ3v) is 5.36. The minimum absolute atomic E-state index is 0.102. The summed E-state index contributed by atoms with van der Waals surface area (Å²) >= 11 is 0. The molecule has 2 saturated heterocycles. The number of rotatable bonds is 4. The van der Waals surface area contributed by atoms with Gasteiger partial charge in [-0.2, -0.15) is 0 Å². The second kappa shape index (κ2) is 6.89. The maximum atomic E-state index is 13.3. The van der Waals surface area contributed by atoms with Crippen molar-refractivity contribution >= 4 is 5.91 Å². The molecule has 1 amide bonds. The van der Waals surface area contributed by atoms with Gasteiger partial charge < -0.3 is 15.0 Å². The first-order valence-corrected chi connectivity index (χ1v) is 9.07. The molecule has 25 heavy (non-hydrogen) atoms. The SMILES string of the molecule is CCOc1cccc(C(=O)N2C[C@@H]3CNC[C@@H]3[C@@H]2c2ccccc2)c1. The fourth-order valence-corrected chi connectivity index (χ4v) is 4.26. The van der Waals surface area contributed by atoms with Crippen LogP contribution in [0.1, 0.15) is 28.9 Å². The van der Waals surface area contributed by atoms with Crippen LogP contribution in [0.15, 0.2) is 54.6 Å². The lowest BCUT2D eigenvalue weighted by molar-refractivity contribution is 0.0713. The molecular formula is C21H24N2O2. The highest BCUT2D eigenvalue weighted by Gasteiger charge is 2.46. The summed E-state index contributed by atoms with van der Waals surface area (Å²) in [5, 5.41) is 3.49. The van der Waals surface area contributed by atoms with E-state index in [1.807, 2.05) is 37.3 Å². The van der Waals surface area contributed by atoms with E-state index in [9.17, 15) is 4.79 Å². The van der Waals surface area contributed by atoms with E-state index in [0.717, 1.165) is 25.4 Å². The monoisotopic (exact) mass is 336 g/mol. The standard InChI is InChI=1S/C21H24N2O2/c1-2-25-18-10-6-9-16(11-18)21(24)23-14-17-12-22-13-19(17)20(23)15-7-4-3-5-8-15/h3-11,17,19-20,22H,2,12-14H2,1H3/t17-,19-,20-/m0/s1. The zero-order valence-corrected chi connectivity index (χ0v) is 14.5. The smallest absolute Gasteiger partial charge is 0.254 e. The van der Waals surface area contributed by atoms with Crippen molar-refractivity contribution in [1.29, 1.82) is 0 Å². The quantitative estimate of drug-likeness (QED) is 0.933. The Kier molecular flexibility index (Phi) is 4.45. The highest BCUT2D eigenvalue weighted by Crippen LogP contribution is 2.43. The molecule has 2 aliphatic rings. The molecule has 2 heterocycles. The van der Waals surface area contributed by atoms with Crippen molar-refractivity contribution in [3.63, 3.8) is 0 Å². The number of amides is 1. The minimum atomic E-state index is 0.102. The van der Waals surface area contributed by atoms with Crippen LogP contribution in [0.2, 0.25) is 0 Å². The van der Waals surface area contributed by atoms with E-state index in [0.29, 0.717) is 24.0 Å². The van der Waals surface area contributed by atoms with Gasteiger partial charge in [0.1, 0.15) is 5.75 Å². The zero-order chi connectivity index (χ0) is 17.2. The molecule has 2 aromatic rings. The summed E-state index contributed by atoms with van der Waals surface area (Å²) in [7, 11) is 0. The van der Waals surface area contributed by atoms with Crippen LogP contribution in [0.5, 0.6) is 5.75 Å². The number of nitrogens with one attached hydrogen (secondary N) is 1. The fraction of sp³-hybridized carbons (Fsp3) is 0.381. The van der Waals surface area contributed by atoms with Crippen LogP contribution >= 0.6 is 0 Å². The Balaban J connectivity index is 1.65. The van der Waals surface area contributed by atoms with Crippen LogP contribution in [0.4, 0.5) is 0 Å². The van der Waals surface area contributed by atoms with Crippen molar-refractivity contribution in [3.8, 4) is 5.75 Å². The summed E-state index contributed by atoms with van der Waals surface area (Å²) in [6, 6.07) is 18.1. The maximum absolute atomic E-state index is 13.3. The highest BCUT2D eigenvalue weighted by atomic mass is 16.5. The number of nitrogens with zero attached hydrogens (tertiary/aromatic N) is 1. The lowest BCUT2D eigenvalue weighted by atomic mass is 9.89. The highest BCUT2D eigenvalue weighted by molar-refractivity contribution is 5.95. The molecule has 2 fully saturated rings. The predicted molar refractivity (Wildman–Crippen MR) is 97.7 cm³/mol. The number of carbonyl (C=O) groups excluding carboxylic acids is 1. The van der Waals surface area contributed by atoms with E-state index in [2.05, 4.69) is 34.5 Å². The number of ether oxygens (including phenoxy) is 1. The number of carbonyl (C=O) groups is 1.